The van der Waals surface area contributed by atoms with E-state index in [9.17, 15) is 9.18 Å². The van der Waals surface area contributed by atoms with E-state index >= 15 is 0 Å². The fraction of sp³-hybridized carbons (Fsp3) is 0.529. The lowest BCUT2D eigenvalue weighted by Crippen LogP contribution is -2.50. The summed E-state index contributed by atoms with van der Waals surface area (Å²) in [5, 5.41) is 6.98. The number of halogens is 1. The average molecular weight is 321 g/mol. The first-order chi connectivity index (χ1) is 10.8. The van der Waals surface area contributed by atoms with Crippen molar-refractivity contribution in [2.24, 2.45) is 5.16 Å². The van der Waals surface area contributed by atoms with E-state index < -0.39 is 0 Å². The molecule has 0 saturated heterocycles. The molecule has 1 N–H and O–H groups in total. The second kappa shape index (κ2) is 6.98. The van der Waals surface area contributed by atoms with Gasteiger partial charge in [-0.2, -0.15) is 0 Å². The summed E-state index contributed by atoms with van der Waals surface area (Å²) in [7, 11) is 0. The van der Waals surface area contributed by atoms with Crippen LogP contribution in [-0.2, 0) is 4.84 Å². The van der Waals surface area contributed by atoms with Crippen molar-refractivity contribution in [3.8, 4) is 0 Å². The molecule has 1 aromatic carbocycles. The summed E-state index contributed by atoms with van der Waals surface area (Å²) in [6, 6.07) is 6.16. The van der Waals surface area contributed by atoms with Crippen molar-refractivity contribution < 1.29 is 14.0 Å². The Morgan fingerprint density at radius 1 is 1.48 bits per heavy atom. The van der Waals surface area contributed by atoms with Crippen LogP contribution in [0.4, 0.5) is 9.18 Å². The molecule has 1 aliphatic rings. The molecule has 2 rings (SSSR count). The molecule has 1 aromatic rings. The number of benzene rings is 1. The van der Waals surface area contributed by atoms with Crippen molar-refractivity contribution in [2.45, 2.75) is 45.8 Å². The maximum absolute atomic E-state index is 13.3. The number of hydrogen-bond donors (Lipinski definition) is 1. The van der Waals surface area contributed by atoms with Gasteiger partial charge in [-0.25, -0.2) is 9.18 Å². The molecule has 0 spiro atoms. The molecule has 0 saturated carbocycles. The molecule has 1 atom stereocenters. The lowest BCUT2D eigenvalue weighted by Gasteiger charge is -2.28. The molecule has 0 unspecified atom stereocenters. The van der Waals surface area contributed by atoms with E-state index in [0.29, 0.717) is 25.2 Å². The van der Waals surface area contributed by atoms with E-state index in [-0.39, 0.29) is 23.5 Å². The lowest BCUT2D eigenvalue weighted by molar-refractivity contribution is 0.0608. The van der Waals surface area contributed by atoms with Crippen molar-refractivity contribution in [3.05, 3.63) is 35.6 Å². The number of carbonyl (C=O) groups is 1. The Hall–Kier alpha value is -2.11. The minimum Gasteiger partial charge on any atom is -0.390 e. The van der Waals surface area contributed by atoms with Gasteiger partial charge in [0.15, 0.2) is 6.10 Å². The van der Waals surface area contributed by atoms with Crippen LogP contribution in [0, 0.1) is 5.82 Å². The molecular weight excluding hydrogens is 297 g/mol. The third-order valence-corrected chi connectivity index (χ3v) is 3.47. The first-order valence-corrected chi connectivity index (χ1v) is 7.84. The zero-order valence-electron chi connectivity index (χ0n) is 14.1. The summed E-state index contributed by atoms with van der Waals surface area (Å²) in [4.78, 5) is 19.4. The van der Waals surface area contributed by atoms with Crippen LogP contribution in [-0.4, -0.2) is 41.4 Å². The maximum atomic E-state index is 13.3. The van der Waals surface area contributed by atoms with Crippen LogP contribution in [0.1, 0.15) is 39.7 Å². The van der Waals surface area contributed by atoms with Crippen molar-refractivity contribution in [3.63, 3.8) is 0 Å². The Kier molecular flexibility index (Phi) is 5.23. The topological polar surface area (TPSA) is 53.9 Å². The highest BCUT2D eigenvalue weighted by atomic mass is 19.1. The van der Waals surface area contributed by atoms with Crippen molar-refractivity contribution in [1.29, 1.82) is 0 Å². The van der Waals surface area contributed by atoms with Crippen LogP contribution in [0.2, 0.25) is 0 Å². The van der Waals surface area contributed by atoms with E-state index in [4.69, 9.17) is 4.84 Å². The molecule has 23 heavy (non-hydrogen) atoms. The van der Waals surface area contributed by atoms with Gasteiger partial charge in [-0.05, 0) is 39.8 Å². The Morgan fingerprint density at radius 3 is 2.83 bits per heavy atom. The van der Waals surface area contributed by atoms with E-state index in [1.165, 1.54) is 12.1 Å². The van der Waals surface area contributed by atoms with Gasteiger partial charge in [-0.3, -0.25) is 0 Å². The summed E-state index contributed by atoms with van der Waals surface area (Å²) in [6.45, 7) is 8.77. The molecular formula is C17H24FN3O2. The fourth-order valence-electron chi connectivity index (χ4n) is 2.37. The zero-order valence-corrected chi connectivity index (χ0v) is 14.1. The highest BCUT2D eigenvalue weighted by Crippen LogP contribution is 2.18. The highest BCUT2D eigenvalue weighted by molar-refractivity contribution is 6.01. The van der Waals surface area contributed by atoms with Gasteiger partial charge >= 0.3 is 6.03 Å². The molecule has 2 amide bonds. The number of likely N-dealkylation sites (N-methyl/N-ethyl adjacent to an activating group) is 1. The van der Waals surface area contributed by atoms with Crippen molar-refractivity contribution in [1.82, 2.24) is 10.2 Å². The molecule has 1 heterocycles. The maximum Gasteiger partial charge on any atom is 0.317 e. The molecule has 1 aliphatic heterocycles. The largest absolute Gasteiger partial charge is 0.390 e. The van der Waals surface area contributed by atoms with Crippen molar-refractivity contribution in [2.75, 3.05) is 13.1 Å². The fourth-order valence-corrected chi connectivity index (χ4v) is 2.37. The lowest BCUT2D eigenvalue weighted by atomic mass is 10.0. The SMILES string of the molecule is CCN(C[C@H]1CC(c2cccc(F)c2)=NO1)C(=O)NC(C)(C)C. The van der Waals surface area contributed by atoms with Crippen LogP contribution < -0.4 is 5.32 Å². The van der Waals surface area contributed by atoms with Gasteiger partial charge in [0.1, 0.15) is 5.82 Å². The second-order valence-electron chi connectivity index (χ2n) is 6.70. The van der Waals surface area contributed by atoms with Crippen LogP contribution in [0.25, 0.3) is 0 Å². The quantitative estimate of drug-likeness (QED) is 0.926. The Morgan fingerprint density at radius 2 is 2.22 bits per heavy atom. The Bertz CT molecular complexity index is 596. The predicted molar refractivity (Wildman–Crippen MR) is 88.0 cm³/mol. The van der Waals surface area contributed by atoms with Crippen LogP contribution in [0.3, 0.4) is 0 Å². The number of amides is 2. The number of nitrogens with one attached hydrogen (secondary N) is 1. The molecule has 0 aliphatic carbocycles. The molecule has 0 fully saturated rings. The van der Waals surface area contributed by atoms with Gasteiger partial charge in [0.2, 0.25) is 0 Å². The van der Waals surface area contributed by atoms with Gasteiger partial charge in [-0.1, -0.05) is 17.3 Å². The van der Waals surface area contributed by atoms with Crippen molar-refractivity contribution >= 4 is 11.7 Å². The molecule has 0 radical (unpaired) electrons. The third-order valence-electron chi connectivity index (χ3n) is 3.47. The van der Waals surface area contributed by atoms with Gasteiger partial charge in [-0.15, -0.1) is 0 Å². The molecule has 6 heteroatoms. The Labute approximate surface area is 136 Å². The first kappa shape index (κ1) is 17.2. The second-order valence-corrected chi connectivity index (χ2v) is 6.70. The molecule has 0 bridgehead atoms. The van der Waals surface area contributed by atoms with Crippen LogP contribution in [0.5, 0.6) is 0 Å². The number of carbonyl (C=O) groups excluding carboxylic acids is 1. The normalized spacial score (nSPS) is 17.4. The average Bonchev–Trinajstić information content (AvgIpc) is 2.91. The van der Waals surface area contributed by atoms with Gasteiger partial charge in [0.25, 0.3) is 0 Å². The monoisotopic (exact) mass is 321 g/mol. The molecule has 0 aromatic heterocycles. The van der Waals surface area contributed by atoms with E-state index in [1.54, 1.807) is 17.0 Å². The van der Waals surface area contributed by atoms with Gasteiger partial charge < -0.3 is 15.1 Å². The number of hydrogen-bond acceptors (Lipinski definition) is 3. The number of urea groups is 1. The zero-order chi connectivity index (χ0) is 17.0. The van der Waals surface area contributed by atoms with E-state index in [0.717, 1.165) is 5.56 Å². The smallest absolute Gasteiger partial charge is 0.317 e. The predicted octanol–water partition coefficient (Wildman–Crippen LogP) is 3.15. The van der Waals surface area contributed by atoms with Crippen LogP contribution >= 0.6 is 0 Å². The summed E-state index contributed by atoms with van der Waals surface area (Å²) < 4.78 is 13.3. The summed E-state index contributed by atoms with van der Waals surface area (Å²) in [5.41, 5.74) is 1.14. The third kappa shape index (κ3) is 4.94. The molecule has 5 nitrogen and oxygen atoms in total. The highest BCUT2D eigenvalue weighted by Gasteiger charge is 2.27. The summed E-state index contributed by atoms with van der Waals surface area (Å²) in [5.74, 6) is -0.298. The number of oxime groups is 1. The summed E-state index contributed by atoms with van der Waals surface area (Å²) in [6.07, 6.45) is 0.349. The van der Waals surface area contributed by atoms with Gasteiger partial charge in [0, 0.05) is 24.1 Å². The van der Waals surface area contributed by atoms with Gasteiger partial charge in [0.05, 0.1) is 12.3 Å². The standard InChI is InChI=1S/C17H24FN3O2/c1-5-21(16(22)19-17(2,3)4)11-14-10-15(20-23-14)12-7-6-8-13(18)9-12/h6-9,14H,5,10-11H2,1-4H3,(H,19,22)/t14-/m1/s1. The van der Waals surface area contributed by atoms with E-state index in [2.05, 4.69) is 10.5 Å². The minimum absolute atomic E-state index is 0.122. The molecule has 126 valence electrons. The summed E-state index contributed by atoms with van der Waals surface area (Å²) >= 11 is 0. The first-order valence-electron chi connectivity index (χ1n) is 7.84. The Balaban J connectivity index is 1.93. The number of rotatable bonds is 4. The van der Waals surface area contributed by atoms with Crippen LogP contribution in [0.15, 0.2) is 29.4 Å². The van der Waals surface area contributed by atoms with E-state index in [1.807, 2.05) is 27.7 Å². The number of nitrogens with zero attached hydrogens (tertiary/aromatic N) is 2. The minimum atomic E-state index is -0.298.